The molecule has 1 unspecified atom stereocenters. The number of anilines is 1. The molecule has 1 aliphatic rings. The van der Waals surface area contributed by atoms with Crippen LogP contribution in [-0.4, -0.2) is 40.4 Å². The van der Waals surface area contributed by atoms with Gasteiger partial charge in [-0.15, -0.1) is 23.2 Å². The normalized spacial score (nSPS) is 18.9. The van der Waals surface area contributed by atoms with Gasteiger partial charge in [0, 0.05) is 6.42 Å². The predicted octanol–water partition coefficient (Wildman–Crippen LogP) is 4.29. The summed E-state index contributed by atoms with van der Waals surface area (Å²) < 4.78 is 9.09. The molecule has 1 fully saturated rings. The van der Waals surface area contributed by atoms with Crippen LogP contribution >= 0.6 is 34.5 Å². The molecule has 3 rings (SSSR count). The van der Waals surface area contributed by atoms with Gasteiger partial charge in [-0.05, 0) is 26.3 Å². The summed E-state index contributed by atoms with van der Waals surface area (Å²) in [6.07, 6.45) is 0.262. The molecule has 1 heterocycles. The number of thiazole rings is 1. The molecule has 31 heavy (non-hydrogen) atoms. The highest BCUT2D eigenvalue weighted by molar-refractivity contribution is 7.17. The monoisotopic (exact) mass is 484 g/mol. The average molecular weight is 485 g/mol. The molecule has 7 nitrogen and oxygen atoms in total. The maximum absolute atomic E-state index is 13.0. The van der Waals surface area contributed by atoms with E-state index in [0.29, 0.717) is 15.7 Å². The molecule has 1 atom stereocenters. The molecule has 0 bridgehead atoms. The molecule has 1 aromatic carbocycles. The summed E-state index contributed by atoms with van der Waals surface area (Å²) in [6, 6.07) is 9.29. The first-order valence-corrected chi connectivity index (χ1v) is 11.2. The van der Waals surface area contributed by atoms with Gasteiger partial charge in [-0.2, -0.15) is 0 Å². The topological polar surface area (TPSA) is 85.8 Å². The van der Waals surface area contributed by atoms with Crippen molar-refractivity contribution in [3.63, 3.8) is 0 Å². The molecule has 1 saturated carbocycles. The molecule has 0 N–H and O–H groups in total. The molecule has 0 saturated heterocycles. The van der Waals surface area contributed by atoms with Gasteiger partial charge >= 0.3 is 11.9 Å². The Morgan fingerprint density at radius 1 is 1.19 bits per heavy atom. The lowest BCUT2D eigenvalue weighted by Crippen LogP contribution is -2.35. The van der Waals surface area contributed by atoms with E-state index in [1.165, 1.54) is 4.90 Å². The minimum Gasteiger partial charge on any atom is -0.462 e. The van der Waals surface area contributed by atoms with Crippen LogP contribution in [0.4, 0.5) is 5.13 Å². The minimum atomic E-state index is -1.18. The van der Waals surface area contributed by atoms with Crippen LogP contribution in [0.15, 0.2) is 30.3 Å². The maximum Gasteiger partial charge on any atom is 0.350 e. The summed E-state index contributed by atoms with van der Waals surface area (Å²) in [7, 11) is 0. The average Bonchev–Trinajstić information content (AvgIpc) is 3.05. The number of esters is 2. The molecule has 1 amide bonds. The molecule has 1 aliphatic carbocycles. The number of halogens is 2. The Bertz CT molecular complexity index is 995. The van der Waals surface area contributed by atoms with Crippen molar-refractivity contribution in [3.8, 4) is 0 Å². The van der Waals surface area contributed by atoms with Crippen molar-refractivity contribution in [2.75, 3.05) is 18.1 Å². The van der Waals surface area contributed by atoms with Crippen LogP contribution in [-0.2, 0) is 25.6 Å². The summed E-state index contributed by atoms with van der Waals surface area (Å²) in [5, 5.41) is 0.312. The third-order valence-electron chi connectivity index (χ3n) is 5.00. The molecule has 166 valence electrons. The lowest BCUT2D eigenvalue weighted by molar-refractivity contribution is -0.153. The highest BCUT2D eigenvalue weighted by atomic mass is 35.5. The summed E-state index contributed by atoms with van der Waals surface area (Å²) in [6.45, 7) is 4.90. The van der Waals surface area contributed by atoms with E-state index in [0.717, 1.165) is 16.9 Å². The number of hydrogen-bond donors (Lipinski definition) is 0. The number of aryl methyl sites for hydroxylation is 1. The number of carbonyl (C=O) groups excluding carboxylic acids is 3. The number of aromatic nitrogens is 1. The molecular formula is C21H22Cl2N2O5S. The zero-order chi connectivity index (χ0) is 22.8. The van der Waals surface area contributed by atoms with Crippen LogP contribution in [0, 0.1) is 12.3 Å². The minimum absolute atomic E-state index is 0.193. The first-order valence-electron chi connectivity index (χ1n) is 9.63. The van der Waals surface area contributed by atoms with Crippen LogP contribution in [0.2, 0.25) is 0 Å². The quantitative estimate of drug-likeness (QED) is 0.410. The summed E-state index contributed by atoms with van der Waals surface area (Å²) in [5.41, 5.74) is 0.276. The van der Waals surface area contributed by atoms with Crippen LogP contribution in [0.5, 0.6) is 0 Å². The highest BCUT2D eigenvalue weighted by Gasteiger charge is 2.69. The third kappa shape index (κ3) is 5.02. The van der Waals surface area contributed by atoms with Crippen molar-refractivity contribution in [1.82, 2.24) is 4.98 Å². The van der Waals surface area contributed by atoms with E-state index >= 15 is 0 Å². The van der Waals surface area contributed by atoms with E-state index in [4.69, 9.17) is 32.7 Å². The number of alkyl halides is 2. The van der Waals surface area contributed by atoms with Crippen LogP contribution in [0.3, 0.4) is 0 Å². The van der Waals surface area contributed by atoms with Gasteiger partial charge in [0.05, 0.1) is 18.8 Å². The summed E-state index contributed by atoms with van der Waals surface area (Å²) in [4.78, 5) is 43.6. The van der Waals surface area contributed by atoms with Crippen molar-refractivity contribution in [2.45, 2.75) is 38.1 Å². The second kappa shape index (κ2) is 9.14. The Kier molecular flexibility index (Phi) is 6.93. The Balaban J connectivity index is 1.80. The van der Waals surface area contributed by atoms with Crippen molar-refractivity contribution in [1.29, 1.82) is 0 Å². The number of ether oxygens (including phenoxy) is 2. The fourth-order valence-electron chi connectivity index (χ4n) is 2.90. The number of amides is 1. The largest absolute Gasteiger partial charge is 0.462 e. The van der Waals surface area contributed by atoms with Crippen LogP contribution in [0.1, 0.15) is 41.2 Å². The van der Waals surface area contributed by atoms with Gasteiger partial charge in [-0.3, -0.25) is 14.5 Å². The van der Waals surface area contributed by atoms with E-state index in [1.807, 2.05) is 30.3 Å². The third-order valence-corrected chi connectivity index (χ3v) is 7.26. The van der Waals surface area contributed by atoms with Gasteiger partial charge < -0.3 is 9.47 Å². The lowest BCUT2D eigenvalue weighted by Gasteiger charge is -2.20. The van der Waals surface area contributed by atoms with Crippen LogP contribution < -0.4 is 4.90 Å². The van der Waals surface area contributed by atoms with Gasteiger partial charge in [0.15, 0.2) is 11.7 Å². The number of rotatable bonds is 8. The molecule has 1 aromatic heterocycles. The van der Waals surface area contributed by atoms with E-state index in [2.05, 4.69) is 4.98 Å². The first-order chi connectivity index (χ1) is 14.6. The van der Waals surface area contributed by atoms with Crippen molar-refractivity contribution in [3.05, 3.63) is 46.5 Å². The molecular weight excluding hydrogens is 463 g/mol. The summed E-state index contributed by atoms with van der Waals surface area (Å²) >= 11 is 13.1. The number of hydrogen-bond acceptors (Lipinski definition) is 7. The first kappa shape index (κ1) is 23.5. The maximum atomic E-state index is 13.0. The Hall–Kier alpha value is -2.16. The second-order valence-electron chi connectivity index (χ2n) is 7.39. The molecule has 0 aliphatic heterocycles. The number of benzene rings is 1. The van der Waals surface area contributed by atoms with E-state index in [-0.39, 0.29) is 19.6 Å². The number of carbonyl (C=O) groups is 3. The van der Waals surface area contributed by atoms with E-state index in [9.17, 15) is 14.4 Å². The standard InChI is InChI=1S/C21H22Cl2N2O5S/c1-4-29-17(27)16-13(2)24-19(31-16)25(10-14-8-6-5-7-9-14)15(26)11-30-18(28)20(3)12-21(20,22)23/h5-9H,4,10-12H2,1-3H3. The molecule has 10 heteroatoms. The van der Waals surface area contributed by atoms with E-state index < -0.39 is 34.2 Å². The highest BCUT2D eigenvalue weighted by Crippen LogP contribution is 2.64. The Morgan fingerprint density at radius 3 is 2.42 bits per heavy atom. The second-order valence-corrected chi connectivity index (χ2v) is 9.85. The van der Waals surface area contributed by atoms with Gasteiger partial charge in [0.25, 0.3) is 5.91 Å². The Morgan fingerprint density at radius 2 is 1.84 bits per heavy atom. The molecule has 0 radical (unpaired) electrons. The van der Waals surface area contributed by atoms with Gasteiger partial charge in [0.2, 0.25) is 0 Å². The zero-order valence-electron chi connectivity index (χ0n) is 17.3. The fourth-order valence-corrected chi connectivity index (χ4v) is 4.56. The smallest absolute Gasteiger partial charge is 0.350 e. The fraction of sp³-hybridized carbons (Fsp3) is 0.429. The predicted molar refractivity (Wildman–Crippen MR) is 119 cm³/mol. The summed E-state index contributed by atoms with van der Waals surface area (Å²) in [5.74, 6) is -1.61. The van der Waals surface area contributed by atoms with Crippen molar-refractivity contribution in [2.24, 2.45) is 5.41 Å². The van der Waals surface area contributed by atoms with E-state index in [1.54, 1.807) is 20.8 Å². The van der Waals surface area contributed by atoms with Gasteiger partial charge in [-0.1, -0.05) is 41.7 Å². The SMILES string of the molecule is CCOC(=O)c1sc(N(Cc2ccccc2)C(=O)COC(=O)C2(C)CC2(Cl)Cl)nc1C. The van der Waals surface area contributed by atoms with Crippen molar-refractivity contribution >= 4 is 57.5 Å². The number of nitrogens with zero attached hydrogens (tertiary/aromatic N) is 2. The lowest BCUT2D eigenvalue weighted by atomic mass is 10.1. The van der Waals surface area contributed by atoms with Crippen LogP contribution in [0.25, 0.3) is 0 Å². The van der Waals surface area contributed by atoms with Gasteiger partial charge in [-0.25, -0.2) is 9.78 Å². The molecule has 2 aromatic rings. The zero-order valence-corrected chi connectivity index (χ0v) is 19.6. The Labute approximate surface area is 194 Å². The van der Waals surface area contributed by atoms with Gasteiger partial charge in [0.1, 0.15) is 14.6 Å². The van der Waals surface area contributed by atoms with Crippen molar-refractivity contribution < 1.29 is 23.9 Å². The molecule has 0 spiro atoms.